The second-order valence-electron chi connectivity index (χ2n) is 4.04. The Hall–Kier alpha value is -1.08. The minimum absolute atomic E-state index is 0.0998. The van der Waals surface area contributed by atoms with E-state index in [0.717, 1.165) is 18.2 Å². The molecule has 0 aliphatic heterocycles. The molecule has 0 saturated heterocycles. The number of hydrogen-bond acceptors (Lipinski definition) is 3. The summed E-state index contributed by atoms with van der Waals surface area (Å²) < 4.78 is 59.1. The van der Waals surface area contributed by atoms with Gasteiger partial charge in [-0.3, -0.25) is 0 Å². The molecule has 0 aliphatic rings. The number of sulfone groups is 1. The lowest BCUT2D eigenvalue weighted by molar-refractivity contribution is -0.0436. The third-order valence-corrected chi connectivity index (χ3v) is 3.64. The topological polar surface area (TPSA) is 54.4 Å². The highest BCUT2D eigenvalue weighted by Gasteiger charge is 2.47. The molecule has 1 aromatic rings. The van der Waals surface area contributed by atoms with Crippen LogP contribution in [0.2, 0.25) is 0 Å². The van der Waals surface area contributed by atoms with Crippen molar-refractivity contribution >= 4 is 9.84 Å². The molecule has 0 atom stereocenters. The lowest BCUT2D eigenvalue weighted by Crippen LogP contribution is -2.24. The molecule has 96 valence electrons. The predicted molar refractivity (Wildman–Crippen MR) is 54.9 cm³/mol. The van der Waals surface area contributed by atoms with Crippen molar-refractivity contribution in [1.82, 2.24) is 0 Å². The van der Waals surface area contributed by atoms with Crippen LogP contribution in [0.15, 0.2) is 29.2 Å². The van der Waals surface area contributed by atoms with Crippen molar-refractivity contribution in [2.45, 2.75) is 29.9 Å². The van der Waals surface area contributed by atoms with E-state index in [1.165, 1.54) is 19.9 Å². The largest absolute Gasteiger partial charge is 0.501 e. The second kappa shape index (κ2) is 3.99. The van der Waals surface area contributed by atoms with E-state index in [2.05, 4.69) is 0 Å². The first-order chi connectivity index (χ1) is 7.46. The van der Waals surface area contributed by atoms with Crippen molar-refractivity contribution in [2.24, 2.45) is 0 Å². The van der Waals surface area contributed by atoms with Gasteiger partial charge in [0.1, 0.15) is 0 Å². The summed E-state index contributed by atoms with van der Waals surface area (Å²) in [5, 5.41) is 9.61. The number of hydrogen-bond donors (Lipinski definition) is 1. The van der Waals surface area contributed by atoms with Crippen LogP contribution in [0, 0.1) is 0 Å². The van der Waals surface area contributed by atoms with E-state index in [0.29, 0.717) is 0 Å². The fourth-order valence-corrected chi connectivity index (χ4v) is 1.98. The molecule has 1 N–H and O–H groups in total. The number of alkyl halides is 3. The summed E-state index contributed by atoms with van der Waals surface area (Å²) in [7, 11) is -5.37. The van der Waals surface area contributed by atoms with Crippen LogP contribution in [-0.4, -0.2) is 19.0 Å². The smallest absolute Gasteiger partial charge is 0.386 e. The molecular formula is C10H11F3O3S. The monoisotopic (exact) mass is 268 g/mol. The highest BCUT2D eigenvalue weighted by Crippen LogP contribution is 2.32. The number of rotatable bonds is 2. The Labute approximate surface area is 96.8 Å². The number of benzene rings is 1. The Balaban J connectivity index is 3.37. The fraction of sp³-hybridized carbons (Fsp3) is 0.400. The maximum Gasteiger partial charge on any atom is 0.501 e. The molecule has 1 aromatic carbocycles. The van der Waals surface area contributed by atoms with Gasteiger partial charge in [-0.15, -0.1) is 0 Å². The average Bonchev–Trinajstić information content (AvgIpc) is 2.15. The molecular weight excluding hydrogens is 257 g/mol. The summed E-state index contributed by atoms with van der Waals surface area (Å²) in [6, 6.07) is 4.18. The maximum atomic E-state index is 12.3. The molecule has 0 aromatic heterocycles. The van der Waals surface area contributed by atoms with E-state index < -0.39 is 25.8 Å². The van der Waals surface area contributed by atoms with Gasteiger partial charge in [0, 0.05) is 0 Å². The van der Waals surface area contributed by atoms with E-state index >= 15 is 0 Å². The lowest BCUT2D eigenvalue weighted by atomic mass is 9.99. The average molecular weight is 268 g/mol. The SMILES string of the molecule is CC(C)(O)c1cccc(S(=O)(=O)C(F)(F)F)c1. The molecule has 0 radical (unpaired) electrons. The Morgan fingerprint density at radius 3 is 2.12 bits per heavy atom. The molecule has 3 nitrogen and oxygen atoms in total. The summed E-state index contributed by atoms with van der Waals surface area (Å²) in [5.74, 6) is 0. The zero-order chi connectivity index (χ0) is 13.5. The summed E-state index contributed by atoms with van der Waals surface area (Å²) in [5.41, 5.74) is -6.65. The third kappa shape index (κ3) is 2.78. The van der Waals surface area contributed by atoms with Gasteiger partial charge in [-0.2, -0.15) is 13.2 Å². The van der Waals surface area contributed by atoms with Crippen molar-refractivity contribution in [1.29, 1.82) is 0 Å². The van der Waals surface area contributed by atoms with Crippen LogP contribution in [0.25, 0.3) is 0 Å². The molecule has 0 saturated carbocycles. The summed E-state index contributed by atoms with van der Waals surface area (Å²) in [6.45, 7) is 2.71. The molecule has 7 heteroatoms. The Morgan fingerprint density at radius 2 is 1.71 bits per heavy atom. The highest BCUT2D eigenvalue weighted by molar-refractivity contribution is 7.92. The molecule has 1 rings (SSSR count). The van der Waals surface area contributed by atoms with Crippen LogP contribution in [-0.2, 0) is 15.4 Å². The molecule has 0 unspecified atom stereocenters. The van der Waals surface area contributed by atoms with Gasteiger partial charge in [0.05, 0.1) is 10.5 Å². The lowest BCUT2D eigenvalue weighted by Gasteiger charge is -2.18. The van der Waals surface area contributed by atoms with Crippen molar-refractivity contribution in [2.75, 3.05) is 0 Å². The van der Waals surface area contributed by atoms with Crippen LogP contribution in [0.1, 0.15) is 19.4 Å². The zero-order valence-electron chi connectivity index (χ0n) is 9.12. The Bertz CT molecular complexity index is 512. The van der Waals surface area contributed by atoms with E-state index in [1.54, 1.807) is 0 Å². The van der Waals surface area contributed by atoms with Crippen LogP contribution in [0.3, 0.4) is 0 Å². The van der Waals surface area contributed by atoms with Crippen molar-refractivity contribution in [3.05, 3.63) is 29.8 Å². The summed E-state index contributed by atoms with van der Waals surface area (Å²) >= 11 is 0. The van der Waals surface area contributed by atoms with Gasteiger partial charge in [0.25, 0.3) is 9.84 Å². The molecule has 0 heterocycles. The first-order valence-electron chi connectivity index (χ1n) is 4.60. The summed E-state index contributed by atoms with van der Waals surface area (Å²) in [6.07, 6.45) is 0. The van der Waals surface area contributed by atoms with E-state index in [4.69, 9.17) is 0 Å². The van der Waals surface area contributed by atoms with Gasteiger partial charge in [-0.1, -0.05) is 12.1 Å². The second-order valence-corrected chi connectivity index (χ2v) is 5.98. The molecule has 0 spiro atoms. The molecule has 0 aliphatic carbocycles. The fourth-order valence-electron chi connectivity index (χ4n) is 1.18. The van der Waals surface area contributed by atoms with Gasteiger partial charge < -0.3 is 5.11 Å². The minimum Gasteiger partial charge on any atom is -0.386 e. The first kappa shape index (κ1) is 14.0. The van der Waals surface area contributed by atoms with Crippen LogP contribution in [0.5, 0.6) is 0 Å². The number of halogens is 3. The molecule has 0 amide bonds. The Kier molecular flexibility index (Phi) is 3.28. The van der Waals surface area contributed by atoms with E-state index in [9.17, 15) is 26.7 Å². The van der Waals surface area contributed by atoms with Crippen LogP contribution >= 0.6 is 0 Å². The maximum absolute atomic E-state index is 12.3. The highest BCUT2D eigenvalue weighted by atomic mass is 32.2. The number of aliphatic hydroxyl groups is 1. The molecule has 0 bridgehead atoms. The van der Waals surface area contributed by atoms with Crippen LogP contribution < -0.4 is 0 Å². The standard InChI is InChI=1S/C10H11F3O3S/c1-9(2,14)7-4-3-5-8(6-7)17(15,16)10(11,12)13/h3-6,14H,1-2H3. The van der Waals surface area contributed by atoms with E-state index in [-0.39, 0.29) is 5.56 Å². The first-order valence-corrected chi connectivity index (χ1v) is 6.09. The van der Waals surface area contributed by atoms with Gasteiger partial charge in [0.2, 0.25) is 0 Å². The van der Waals surface area contributed by atoms with Gasteiger partial charge >= 0.3 is 5.51 Å². The van der Waals surface area contributed by atoms with Crippen molar-refractivity contribution in [3.8, 4) is 0 Å². The predicted octanol–water partition coefficient (Wildman–Crippen LogP) is 2.21. The molecule has 0 fully saturated rings. The normalized spacial score (nSPS) is 13.8. The quantitative estimate of drug-likeness (QED) is 0.894. The van der Waals surface area contributed by atoms with E-state index in [1.807, 2.05) is 0 Å². The van der Waals surface area contributed by atoms with Gasteiger partial charge in [-0.05, 0) is 31.5 Å². The van der Waals surface area contributed by atoms with Crippen molar-refractivity contribution in [3.63, 3.8) is 0 Å². The molecule has 17 heavy (non-hydrogen) atoms. The minimum atomic E-state index is -5.37. The van der Waals surface area contributed by atoms with Gasteiger partial charge in [-0.25, -0.2) is 8.42 Å². The zero-order valence-corrected chi connectivity index (χ0v) is 9.93. The Morgan fingerprint density at radius 1 is 1.18 bits per heavy atom. The van der Waals surface area contributed by atoms with Crippen LogP contribution in [0.4, 0.5) is 13.2 Å². The van der Waals surface area contributed by atoms with Crippen molar-refractivity contribution < 1.29 is 26.7 Å². The third-order valence-electron chi connectivity index (χ3n) is 2.16. The van der Waals surface area contributed by atoms with Gasteiger partial charge in [0.15, 0.2) is 0 Å². The summed E-state index contributed by atoms with van der Waals surface area (Å²) in [4.78, 5) is -0.871.